The normalized spacial score (nSPS) is 20.6. The standard InChI is InChI=1S/C19H25BrN2O5/c1-5-8-13-16(18(23)27-7-3)17(22-19(24)21-13)11-9-14(25-4)15(26-6-2)10-12(11)20/h8-10,16-17H,5-7H2,1-4H3,(H2,21,22,24)/b13-8+/t16-,17+/m1/s1. The van der Waals surface area contributed by atoms with Gasteiger partial charge >= 0.3 is 12.0 Å². The summed E-state index contributed by atoms with van der Waals surface area (Å²) < 4.78 is 17.0. The Hall–Kier alpha value is -2.22. The Bertz CT molecular complexity index is 735. The van der Waals surface area contributed by atoms with Gasteiger partial charge in [-0.15, -0.1) is 0 Å². The molecule has 0 saturated carbocycles. The molecule has 2 amide bonds. The van der Waals surface area contributed by atoms with E-state index in [1.165, 1.54) is 0 Å². The zero-order chi connectivity index (χ0) is 20.0. The van der Waals surface area contributed by atoms with Crippen molar-refractivity contribution in [1.29, 1.82) is 0 Å². The number of allylic oxidation sites excluding steroid dienone is 1. The zero-order valence-corrected chi connectivity index (χ0v) is 17.5. The minimum Gasteiger partial charge on any atom is -0.493 e. The molecule has 0 spiro atoms. The van der Waals surface area contributed by atoms with Gasteiger partial charge in [-0.25, -0.2) is 4.79 Å². The Morgan fingerprint density at radius 3 is 2.56 bits per heavy atom. The van der Waals surface area contributed by atoms with Gasteiger partial charge in [0.15, 0.2) is 11.5 Å². The maximum absolute atomic E-state index is 12.7. The number of rotatable bonds is 7. The number of hydrogen-bond donors (Lipinski definition) is 2. The summed E-state index contributed by atoms with van der Waals surface area (Å²) in [6.07, 6.45) is 2.50. The first-order valence-electron chi connectivity index (χ1n) is 8.91. The highest BCUT2D eigenvalue weighted by molar-refractivity contribution is 9.10. The number of esters is 1. The number of ether oxygens (including phenoxy) is 3. The largest absolute Gasteiger partial charge is 0.493 e. The monoisotopic (exact) mass is 440 g/mol. The number of hydrogen-bond acceptors (Lipinski definition) is 5. The van der Waals surface area contributed by atoms with Gasteiger partial charge in [0, 0.05) is 10.2 Å². The lowest BCUT2D eigenvalue weighted by atomic mass is 9.88. The molecule has 7 nitrogen and oxygen atoms in total. The summed E-state index contributed by atoms with van der Waals surface area (Å²) in [7, 11) is 1.54. The third kappa shape index (κ3) is 4.74. The molecule has 0 radical (unpaired) electrons. The average molecular weight is 441 g/mol. The first kappa shape index (κ1) is 21.1. The summed E-state index contributed by atoms with van der Waals surface area (Å²) >= 11 is 3.53. The zero-order valence-electron chi connectivity index (χ0n) is 15.9. The van der Waals surface area contributed by atoms with Crippen molar-refractivity contribution < 1.29 is 23.8 Å². The molecule has 8 heteroatoms. The van der Waals surface area contributed by atoms with E-state index < -0.39 is 17.9 Å². The second-order valence-electron chi connectivity index (χ2n) is 5.83. The maximum Gasteiger partial charge on any atom is 0.319 e. The van der Waals surface area contributed by atoms with Crippen LogP contribution in [0.1, 0.15) is 38.8 Å². The van der Waals surface area contributed by atoms with Crippen molar-refractivity contribution in [2.45, 2.75) is 33.2 Å². The molecule has 1 aliphatic rings. The van der Waals surface area contributed by atoms with Gasteiger partial charge < -0.3 is 24.8 Å². The van der Waals surface area contributed by atoms with Gasteiger partial charge in [0.1, 0.15) is 5.92 Å². The number of carbonyl (C=O) groups excluding carboxylic acids is 2. The van der Waals surface area contributed by atoms with Crippen molar-refractivity contribution in [2.24, 2.45) is 5.92 Å². The highest BCUT2D eigenvalue weighted by atomic mass is 79.9. The lowest BCUT2D eigenvalue weighted by Crippen LogP contribution is -2.51. The van der Waals surface area contributed by atoms with E-state index in [1.54, 1.807) is 26.2 Å². The molecule has 0 aliphatic carbocycles. The minimum absolute atomic E-state index is 0.253. The molecule has 1 saturated heterocycles. The smallest absolute Gasteiger partial charge is 0.319 e. The quantitative estimate of drug-likeness (QED) is 0.631. The molecule has 0 unspecified atom stereocenters. The lowest BCUT2D eigenvalue weighted by molar-refractivity contribution is -0.147. The summed E-state index contributed by atoms with van der Waals surface area (Å²) in [6.45, 7) is 6.31. The first-order chi connectivity index (χ1) is 13.0. The first-order valence-corrected chi connectivity index (χ1v) is 9.70. The van der Waals surface area contributed by atoms with Crippen molar-refractivity contribution in [3.8, 4) is 11.5 Å². The van der Waals surface area contributed by atoms with Crippen LogP contribution in [-0.2, 0) is 9.53 Å². The summed E-state index contributed by atoms with van der Waals surface area (Å²) in [5.74, 6) is -0.00430. The van der Waals surface area contributed by atoms with Gasteiger partial charge in [-0.3, -0.25) is 4.79 Å². The molecule has 27 heavy (non-hydrogen) atoms. The van der Waals surface area contributed by atoms with Crippen molar-refractivity contribution in [3.63, 3.8) is 0 Å². The second kappa shape index (κ2) is 9.64. The van der Waals surface area contributed by atoms with Gasteiger partial charge in [-0.05, 0) is 38.0 Å². The van der Waals surface area contributed by atoms with E-state index in [9.17, 15) is 9.59 Å². The molecule has 148 valence electrons. The fourth-order valence-electron chi connectivity index (χ4n) is 3.02. The third-order valence-corrected chi connectivity index (χ3v) is 4.78. The summed E-state index contributed by atoms with van der Waals surface area (Å²) in [5.41, 5.74) is 1.23. The number of benzene rings is 1. The summed E-state index contributed by atoms with van der Waals surface area (Å²) in [6, 6.07) is 2.55. The molecule has 0 bridgehead atoms. The molecular formula is C19H25BrN2O5. The van der Waals surface area contributed by atoms with E-state index >= 15 is 0 Å². The van der Waals surface area contributed by atoms with E-state index in [0.717, 1.165) is 0 Å². The van der Waals surface area contributed by atoms with E-state index in [1.807, 2.05) is 19.9 Å². The topological polar surface area (TPSA) is 85.9 Å². The van der Waals surface area contributed by atoms with E-state index in [4.69, 9.17) is 14.2 Å². The van der Waals surface area contributed by atoms with Crippen LogP contribution in [0.25, 0.3) is 0 Å². The molecule has 1 aromatic carbocycles. The van der Waals surface area contributed by atoms with Gasteiger partial charge in [0.25, 0.3) is 0 Å². The SMILES string of the molecule is CC/C=C1/NC(=O)N[C@@H](c2cc(OC)c(OCC)cc2Br)[C@@H]1C(=O)OCC. The van der Waals surface area contributed by atoms with Crippen LogP contribution in [0, 0.1) is 5.92 Å². The number of carbonyl (C=O) groups is 2. The Kier molecular flexibility index (Phi) is 7.53. The van der Waals surface area contributed by atoms with E-state index in [2.05, 4.69) is 26.6 Å². The molecule has 2 rings (SSSR count). The Labute approximate surface area is 167 Å². The number of amides is 2. The van der Waals surface area contributed by atoms with Gasteiger partial charge in [-0.1, -0.05) is 28.9 Å². The number of nitrogens with one attached hydrogen (secondary N) is 2. The van der Waals surface area contributed by atoms with Crippen LogP contribution < -0.4 is 20.1 Å². The predicted molar refractivity (Wildman–Crippen MR) is 105 cm³/mol. The summed E-state index contributed by atoms with van der Waals surface area (Å²) in [5, 5.41) is 5.56. The second-order valence-corrected chi connectivity index (χ2v) is 6.69. The average Bonchev–Trinajstić information content (AvgIpc) is 2.62. The van der Waals surface area contributed by atoms with E-state index in [-0.39, 0.29) is 12.6 Å². The number of urea groups is 1. The van der Waals surface area contributed by atoms with Gasteiger partial charge in [0.2, 0.25) is 0 Å². The van der Waals surface area contributed by atoms with Crippen molar-refractivity contribution in [2.75, 3.05) is 20.3 Å². The predicted octanol–water partition coefficient (Wildman–Crippen LogP) is 3.68. The van der Waals surface area contributed by atoms with Crippen LogP contribution in [0.5, 0.6) is 11.5 Å². The Morgan fingerprint density at radius 1 is 1.22 bits per heavy atom. The highest BCUT2D eigenvalue weighted by Gasteiger charge is 2.40. The van der Waals surface area contributed by atoms with Crippen LogP contribution in [0.3, 0.4) is 0 Å². The number of halogens is 1. The molecule has 1 heterocycles. The van der Waals surface area contributed by atoms with Crippen molar-refractivity contribution >= 4 is 27.9 Å². The summed E-state index contributed by atoms with van der Waals surface area (Å²) in [4.78, 5) is 24.9. The third-order valence-electron chi connectivity index (χ3n) is 4.10. The molecule has 0 aromatic heterocycles. The van der Waals surface area contributed by atoms with Crippen LogP contribution in [-0.4, -0.2) is 32.3 Å². The van der Waals surface area contributed by atoms with Gasteiger partial charge in [-0.2, -0.15) is 0 Å². The maximum atomic E-state index is 12.7. The fraction of sp³-hybridized carbons (Fsp3) is 0.474. The van der Waals surface area contributed by atoms with Crippen LogP contribution in [0.2, 0.25) is 0 Å². The van der Waals surface area contributed by atoms with E-state index in [0.29, 0.717) is 40.3 Å². The molecule has 2 N–H and O–H groups in total. The van der Waals surface area contributed by atoms with Gasteiger partial charge in [0.05, 0.1) is 26.4 Å². The fourth-order valence-corrected chi connectivity index (χ4v) is 3.59. The Balaban J connectivity index is 2.55. The molecular weight excluding hydrogens is 416 g/mol. The number of methoxy groups -OCH3 is 1. The van der Waals surface area contributed by atoms with Crippen molar-refractivity contribution in [3.05, 3.63) is 33.9 Å². The highest BCUT2D eigenvalue weighted by Crippen LogP contribution is 2.41. The minimum atomic E-state index is -0.693. The molecule has 1 fully saturated rings. The lowest BCUT2D eigenvalue weighted by Gasteiger charge is -2.34. The van der Waals surface area contributed by atoms with Crippen molar-refractivity contribution in [1.82, 2.24) is 10.6 Å². The van der Waals surface area contributed by atoms with Crippen LogP contribution in [0.15, 0.2) is 28.4 Å². The van der Waals surface area contributed by atoms with Crippen LogP contribution >= 0.6 is 15.9 Å². The molecule has 1 aromatic rings. The molecule has 1 aliphatic heterocycles. The van der Waals surface area contributed by atoms with Crippen LogP contribution in [0.4, 0.5) is 4.79 Å². The molecule has 2 atom stereocenters. The Morgan fingerprint density at radius 2 is 1.96 bits per heavy atom.